The third-order valence-corrected chi connectivity index (χ3v) is 4.85. The first kappa shape index (κ1) is 8.93. The molecule has 4 heteroatoms. The van der Waals surface area contributed by atoms with Crippen LogP contribution in [-0.2, 0) is 14.2 Å². The van der Waals surface area contributed by atoms with E-state index >= 15 is 0 Å². The summed E-state index contributed by atoms with van der Waals surface area (Å²) in [4.78, 5) is 0. The van der Waals surface area contributed by atoms with Gasteiger partial charge in [-0.05, 0) is 26.2 Å². The van der Waals surface area contributed by atoms with Crippen LogP contribution < -0.4 is 0 Å². The highest BCUT2D eigenvalue weighted by molar-refractivity contribution is 5.12. The van der Waals surface area contributed by atoms with Gasteiger partial charge < -0.3 is 19.3 Å². The molecule has 4 rings (SSSR count). The smallest absolute Gasteiger partial charge is 0.175 e. The van der Waals surface area contributed by atoms with Gasteiger partial charge in [0.25, 0.3) is 0 Å². The molecule has 0 amide bonds. The normalized spacial score (nSPS) is 70.2. The zero-order chi connectivity index (χ0) is 10.4. The molecule has 3 aliphatic heterocycles. The Morgan fingerprint density at radius 3 is 2.80 bits per heavy atom. The summed E-state index contributed by atoms with van der Waals surface area (Å²) in [5.41, 5.74) is 0. The molecule has 1 N–H and O–H groups in total. The van der Waals surface area contributed by atoms with Crippen LogP contribution in [0.25, 0.3) is 0 Å². The van der Waals surface area contributed by atoms with Gasteiger partial charge in [-0.2, -0.15) is 0 Å². The molecule has 1 saturated carbocycles. The first-order chi connectivity index (χ1) is 7.04. The number of hydrogen-bond donors (Lipinski definition) is 1. The molecular formula is C11H16O4. The van der Waals surface area contributed by atoms with Crippen molar-refractivity contribution in [3.8, 4) is 0 Å². The van der Waals surface area contributed by atoms with Gasteiger partial charge in [-0.15, -0.1) is 0 Å². The van der Waals surface area contributed by atoms with Crippen molar-refractivity contribution in [1.82, 2.24) is 0 Å². The molecule has 15 heavy (non-hydrogen) atoms. The Balaban J connectivity index is 1.85. The molecule has 4 unspecified atom stereocenters. The second-order valence-corrected chi connectivity index (χ2v) is 5.66. The van der Waals surface area contributed by atoms with E-state index in [0.717, 1.165) is 13.0 Å². The van der Waals surface area contributed by atoms with Gasteiger partial charge in [-0.1, -0.05) is 0 Å². The molecule has 84 valence electrons. The van der Waals surface area contributed by atoms with Crippen molar-refractivity contribution < 1.29 is 19.3 Å². The van der Waals surface area contributed by atoms with Crippen LogP contribution in [0.15, 0.2) is 0 Å². The van der Waals surface area contributed by atoms with E-state index in [1.54, 1.807) is 0 Å². The Hall–Kier alpha value is -0.160. The van der Waals surface area contributed by atoms with E-state index in [2.05, 4.69) is 0 Å². The maximum Gasteiger partial charge on any atom is 0.175 e. The van der Waals surface area contributed by atoms with E-state index in [1.165, 1.54) is 0 Å². The van der Waals surface area contributed by atoms with Crippen molar-refractivity contribution in [1.29, 1.82) is 0 Å². The number of aliphatic hydroxyl groups is 1. The molecule has 0 spiro atoms. The second-order valence-electron chi connectivity index (χ2n) is 5.66. The van der Waals surface area contributed by atoms with Crippen molar-refractivity contribution >= 4 is 0 Å². The summed E-state index contributed by atoms with van der Waals surface area (Å²) >= 11 is 0. The molecule has 0 bridgehead atoms. The molecule has 3 saturated heterocycles. The van der Waals surface area contributed by atoms with Gasteiger partial charge in [-0.3, -0.25) is 0 Å². The van der Waals surface area contributed by atoms with Crippen LogP contribution in [0.5, 0.6) is 0 Å². The first-order valence-electron chi connectivity index (χ1n) is 5.73. The summed E-state index contributed by atoms with van der Waals surface area (Å²) in [5.74, 6) is 0.410. The van der Waals surface area contributed by atoms with Crippen LogP contribution in [0.4, 0.5) is 0 Å². The van der Waals surface area contributed by atoms with E-state index in [9.17, 15) is 5.11 Å². The van der Waals surface area contributed by atoms with Crippen LogP contribution in [0.1, 0.15) is 20.3 Å². The summed E-state index contributed by atoms with van der Waals surface area (Å²) < 4.78 is 17.3. The number of hydrogen-bond acceptors (Lipinski definition) is 4. The molecule has 0 aromatic heterocycles. The van der Waals surface area contributed by atoms with Crippen molar-refractivity contribution in [2.24, 2.45) is 23.7 Å². The largest absolute Gasteiger partial charge is 0.368 e. The molecule has 4 fully saturated rings. The summed E-state index contributed by atoms with van der Waals surface area (Å²) in [7, 11) is 0. The first-order valence-corrected chi connectivity index (χ1v) is 5.73. The molecule has 4 aliphatic rings. The fourth-order valence-corrected chi connectivity index (χ4v) is 4.50. The van der Waals surface area contributed by atoms with Gasteiger partial charge in [0.05, 0.1) is 6.61 Å². The molecule has 7 atom stereocenters. The van der Waals surface area contributed by atoms with Crippen LogP contribution in [-0.4, -0.2) is 29.6 Å². The minimum Gasteiger partial charge on any atom is -0.368 e. The van der Waals surface area contributed by atoms with Crippen LogP contribution >= 0.6 is 0 Å². The number of ether oxygens (including phenoxy) is 3. The van der Waals surface area contributed by atoms with Crippen molar-refractivity contribution in [3.63, 3.8) is 0 Å². The van der Waals surface area contributed by atoms with Crippen LogP contribution in [0, 0.1) is 23.7 Å². The maximum atomic E-state index is 9.86. The topological polar surface area (TPSA) is 47.9 Å². The van der Waals surface area contributed by atoms with E-state index in [-0.39, 0.29) is 5.92 Å². The Kier molecular flexibility index (Phi) is 1.34. The van der Waals surface area contributed by atoms with Crippen molar-refractivity contribution in [2.75, 3.05) is 6.61 Å². The lowest BCUT2D eigenvalue weighted by Gasteiger charge is -2.28. The van der Waals surface area contributed by atoms with Gasteiger partial charge in [0.15, 0.2) is 17.9 Å². The van der Waals surface area contributed by atoms with E-state index in [0.29, 0.717) is 17.8 Å². The summed E-state index contributed by atoms with van der Waals surface area (Å²) in [6.45, 7) is 4.73. The highest BCUT2D eigenvalue weighted by Crippen LogP contribution is 2.67. The van der Waals surface area contributed by atoms with Crippen LogP contribution in [0.3, 0.4) is 0 Å². The highest BCUT2D eigenvalue weighted by atomic mass is 16.8. The molecule has 4 nitrogen and oxygen atoms in total. The van der Waals surface area contributed by atoms with Crippen LogP contribution in [0.2, 0.25) is 0 Å². The Bertz CT molecular complexity index is 333. The molecule has 0 aromatic carbocycles. The third-order valence-electron chi connectivity index (χ3n) is 4.85. The summed E-state index contributed by atoms with van der Waals surface area (Å²) in [6.07, 6.45) is 0.376. The van der Waals surface area contributed by atoms with Gasteiger partial charge in [0.2, 0.25) is 0 Å². The monoisotopic (exact) mass is 212 g/mol. The van der Waals surface area contributed by atoms with E-state index in [1.807, 2.05) is 13.8 Å². The zero-order valence-corrected chi connectivity index (χ0v) is 8.97. The van der Waals surface area contributed by atoms with Crippen molar-refractivity contribution in [2.45, 2.75) is 38.1 Å². The SMILES string of the molecule is C[C@@]12OCC3CC4C(C31)[C@](C)(O[C@H]4O)O2. The Labute approximate surface area is 88.5 Å². The predicted octanol–water partition coefficient (Wildman–Crippen LogP) is 0.696. The van der Waals surface area contributed by atoms with Gasteiger partial charge in [0, 0.05) is 17.8 Å². The number of rotatable bonds is 0. The number of aliphatic hydroxyl groups excluding tert-OH is 1. The standard InChI is InChI=1S/C11H16O4/c1-10-7-5(4-13-10)3-6-8(7)11(2,15-10)14-9(6)12/h5-9,12H,3-4H2,1-2H3/t5?,6?,7?,8?,9-,10+,11-/m1/s1. The predicted molar refractivity (Wildman–Crippen MR) is 49.5 cm³/mol. The van der Waals surface area contributed by atoms with E-state index in [4.69, 9.17) is 14.2 Å². The fourth-order valence-electron chi connectivity index (χ4n) is 4.50. The molecular weight excluding hydrogens is 196 g/mol. The lowest BCUT2D eigenvalue weighted by Crippen LogP contribution is -2.35. The highest BCUT2D eigenvalue weighted by Gasteiger charge is 2.74. The zero-order valence-electron chi connectivity index (χ0n) is 8.97. The lowest BCUT2D eigenvalue weighted by atomic mass is 9.83. The quantitative estimate of drug-likeness (QED) is 0.642. The lowest BCUT2D eigenvalue weighted by molar-refractivity contribution is -0.321. The van der Waals surface area contributed by atoms with Crippen molar-refractivity contribution in [3.05, 3.63) is 0 Å². The van der Waals surface area contributed by atoms with Gasteiger partial charge in [-0.25, -0.2) is 0 Å². The summed E-state index contributed by atoms with van der Waals surface area (Å²) in [6, 6.07) is 0. The minimum atomic E-state index is -0.643. The second kappa shape index (κ2) is 2.25. The molecule has 3 heterocycles. The summed E-state index contributed by atoms with van der Waals surface area (Å²) in [5, 5.41) is 9.86. The third kappa shape index (κ3) is 0.813. The van der Waals surface area contributed by atoms with Gasteiger partial charge in [0.1, 0.15) is 0 Å². The molecule has 0 aromatic rings. The van der Waals surface area contributed by atoms with Gasteiger partial charge >= 0.3 is 0 Å². The fraction of sp³-hybridized carbons (Fsp3) is 1.00. The Morgan fingerprint density at radius 1 is 1.20 bits per heavy atom. The Morgan fingerprint density at radius 2 is 2.00 bits per heavy atom. The van der Waals surface area contributed by atoms with E-state index < -0.39 is 17.9 Å². The maximum absolute atomic E-state index is 9.86. The molecule has 1 aliphatic carbocycles. The average molecular weight is 212 g/mol. The average Bonchev–Trinajstić information content (AvgIpc) is 2.73. The molecule has 0 radical (unpaired) electrons. The minimum absolute atomic E-state index is 0.246.